The number of carbonyl (C=O) groups excluding carboxylic acids is 3. The SMILES string of the molecule is CC/C=C\C/C=C\C/C=C\C/C=C\C/C=C\CCCCCCCC(=O)OC(COC(=O)CCCCCCCCC/C=C\C/C=C\CCCCCC)COC(=O)CCCCCCCCCCCCCCCCCCCCCCCCCCCC. The van der Waals surface area contributed by atoms with E-state index in [1.54, 1.807) is 0 Å². The Morgan fingerprint density at radius 2 is 0.470 bits per heavy atom. The maximum Gasteiger partial charge on any atom is 0.306 e. The van der Waals surface area contributed by atoms with Gasteiger partial charge in [0, 0.05) is 19.3 Å². The van der Waals surface area contributed by atoms with Crippen molar-refractivity contribution in [3.63, 3.8) is 0 Å². The molecule has 0 aromatic rings. The minimum Gasteiger partial charge on any atom is -0.462 e. The molecule has 0 aliphatic rings. The van der Waals surface area contributed by atoms with Crippen LogP contribution in [0.4, 0.5) is 0 Å². The summed E-state index contributed by atoms with van der Waals surface area (Å²) in [6.45, 7) is 6.55. The molecule has 0 saturated heterocycles. The van der Waals surface area contributed by atoms with Crippen LogP contribution in [0.1, 0.15) is 367 Å². The molecule has 0 radical (unpaired) electrons. The molecule has 0 bridgehead atoms. The normalized spacial score (nSPS) is 12.6. The van der Waals surface area contributed by atoms with E-state index in [1.807, 2.05) is 0 Å². The van der Waals surface area contributed by atoms with Crippen LogP contribution in [0.3, 0.4) is 0 Å². The second kappa shape index (κ2) is 71.1. The van der Waals surface area contributed by atoms with Gasteiger partial charge in [0.15, 0.2) is 6.10 Å². The first kappa shape index (κ1) is 79.6. The van der Waals surface area contributed by atoms with E-state index < -0.39 is 6.10 Å². The summed E-state index contributed by atoms with van der Waals surface area (Å²) in [7, 11) is 0. The number of ether oxygens (including phenoxy) is 3. The van der Waals surface area contributed by atoms with Gasteiger partial charge in [-0.2, -0.15) is 0 Å². The van der Waals surface area contributed by atoms with E-state index in [-0.39, 0.29) is 31.1 Å². The summed E-state index contributed by atoms with van der Waals surface area (Å²) in [6, 6.07) is 0. The Morgan fingerprint density at radius 1 is 0.253 bits per heavy atom. The number of esters is 3. The Balaban J connectivity index is 4.35. The van der Waals surface area contributed by atoms with E-state index in [9.17, 15) is 14.4 Å². The van der Waals surface area contributed by atoms with Gasteiger partial charge in [0.05, 0.1) is 0 Å². The monoisotopic (exact) mass is 1160 g/mol. The van der Waals surface area contributed by atoms with Gasteiger partial charge in [-0.1, -0.05) is 337 Å². The summed E-state index contributed by atoms with van der Waals surface area (Å²) >= 11 is 0. The van der Waals surface area contributed by atoms with E-state index in [4.69, 9.17) is 14.2 Å². The van der Waals surface area contributed by atoms with Gasteiger partial charge < -0.3 is 14.2 Å². The molecule has 0 N–H and O–H groups in total. The number of rotatable bonds is 66. The van der Waals surface area contributed by atoms with Crippen LogP contribution in [0.25, 0.3) is 0 Å². The molecule has 0 heterocycles. The van der Waals surface area contributed by atoms with E-state index in [0.29, 0.717) is 19.3 Å². The first-order valence-corrected chi connectivity index (χ1v) is 36.1. The number of carbonyl (C=O) groups is 3. The molecule has 0 aliphatic heterocycles. The van der Waals surface area contributed by atoms with Crippen LogP contribution in [-0.2, 0) is 28.6 Å². The third kappa shape index (κ3) is 69.3. The smallest absolute Gasteiger partial charge is 0.306 e. The lowest BCUT2D eigenvalue weighted by atomic mass is 10.0. The Hall–Kier alpha value is -3.41. The molecule has 83 heavy (non-hydrogen) atoms. The molecule has 0 aromatic carbocycles. The van der Waals surface area contributed by atoms with Crippen molar-refractivity contribution in [3.8, 4) is 0 Å². The zero-order chi connectivity index (χ0) is 59.9. The van der Waals surface area contributed by atoms with Gasteiger partial charge in [0.25, 0.3) is 0 Å². The standard InChI is InChI=1S/C77H136O6/c1-4-7-10-13-16-19-22-25-28-31-34-36-37-38-39-40-42-43-46-49-52-55-58-61-64-67-70-76(79)82-73-74(72-81-75(78)69-66-63-60-57-54-51-48-45-33-30-27-24-21-18-15-12-9-6-3)83-77(80)71-68-65-62-59-56-53-50-47-44-41-35-32-29-26-23-20-17-14-11-8-5-2/h8,11,17,20-21,24,26,29-30,33,35,41,47,50,74H,4-7,9-10,12-16,18-19,22-23,25,27-28,31-32,34,36-40,42-46,48-49,51-73H2,1-3H3/b11-8-,20-17-,24-21-,29-26-,33-30-,41-35-,50-47-. The molecule has 0 spiro atoms. The Labute approximate surface area is 515 Å². The van der Waals surface area contributed by atoms with Gasteiger partial charge in [-0.25, -0.2) is 0 Å². The lowest BCUT2D eigenvalue weighted by Gasteiger charge is -2.18. The fourth-order valence-corrected chi connectivity index (χ4v) is 10.5. The highest BCUT2D eigenvalue weighted by Gasteiger charge is 2.19. The van der Waals surface area contributed by atoms with Crippen molar-refractivity contribution >= 4 is 17.9 Å². The largest absolute Gasteiger partial charge is 0.462 e. The fourth-order valence-electron chi connectivity index (χ4n) is 10.5. The molecule has 480 valence electrons. The van der Waals surface area contributed by atoms with E-state index >= 15 is 0 Å². The Bertz CT molecular complexity index is 1570. The topological polar surface area (TPSA) is 78.9 Å². The summed E-state index contributed by atoms with van der Waals surface area (Å²) in [4.78, 5) is 38.5. The maximum absolute atomic E-state index is 13.0. The predicted molar refractivity (Wildman–Crippen MR) is 362 cm³/mol. The van der Waals surface area contributed by atoms with Crippen molar-refractivity contribution in [2.75, 3.05) is 13.2 Å². The molecule has 1 unspecified atom stereocenters. The highest BCUT2D eigenvalue weighted by molar-refractivity contribution is 5.71. The van der Waals surface area contributed by atoms with Crippen LogP contribution in [0.5, 0.6) is 0 Å². The minimum absolute atomic E-state index is 0.0842. The molecule has 6 nitrogen and oxygen atoms in total. The zero-order valence-corrected chi connectivity index (χ0v) is 55.2. The second-order valence-electron chi connectivity index (χ2n) is 24.1. The molecule has 0 aliphatic carbocycles. The van der Waals surface area contributed by atoms with E-state index in [1.165, 1.54) is 205 Å². The van der Waals surface area contributed by atoms with Gasteiger partial charge in [-0.15, -0.1) is 0 Å². The van der Waals surface area contributed by atoms with Crippen LogP contribution < -0.4 is 0 Å². The third-order valence-electron chi connectivity index (χ3n) is 15.9. The predicted octanol–water partition coefficient (Wildman–Crippen LogP) is 25.0. The fraction of sp³-hybridized carbons (Fsp3) is 0.779. The molecule has 0 fully saturated rings. The van der Waals surface area contributed by atoms with E-state index in [2.05, 4.69) is 106 Å². The van der Waals surface area contributed by atoms with Crippen molar-refractivity contribution in [1.82, 2.24) is 0 Å². The number of allylic oxidation sites excluding steroid dienone is 14. The van der Waals surface area contributed by atoms with Gasteiger partial charge >= 0.3 is 17.9 Å². The molecular weight excluding hydrogens is 1020 g/mol. The quantitative estimate of drug-likeness (QED) is 0.0261. The molecule has 0 amide bonds. The molecule has 0 saturated carbocycles. The van der Waals surface area contributed by atoms with E-state index in [0.717, 1.165) is 122 Å². The Morgan fingerprint density at radius 3 is 0.747 bits per heavy atom. The lowest BCUT2D eigenvalue weighted by molar-refractivity contribution is -0.167. The van der Waals surface area contributed by atoms with Crippen molar-refractivity contribution in [1.29, 1.82) is 0 Å². The van der Waals surface area contributed by atoms with Crippen molar-refractivity contribution in [2.24, 2.45) is 0 Å². The Kier molecular flexibility index (Phi) is 68.2. The molecule has 6 heteroatoms. The van der Waals surface area contributed by atoms with Crippen LogP contribution in [0, 0.1) is 0 Å². The van der Waals surface area contributed by atoms with Crippen LogP contribution in [0.2, 0.25) is 0 Å². The van der Waals surface area contributed by atoms with Crippen molar-refractivity contribution < 1.29 is 28.6 Å². The summed E-state index contributed by atoms with van der Waals surface area (Å²) in [6.07, 6.45) is 94.7. The minimum atomic E-state index is -0.792. The van der Waals surface area contributed by atoms with Gasteiger partial charge in [-0.05, 0) is 96.3 Å². The maximum atomic E-state index is 13.0. The van der Waals surface area contributed by atoms with Gasteiger partial charge in [0.1, 0.15) is 13.2 Å². The summed E-state index contributed by atoms with van der Waals surface area (Å²) in [5.41, 5.74) is 0. The zero-order valence-electron chi connectivity index (χ0n) is 55.2. The van der Waals surface area contributed by atoms with Crippen LogP contribution in [-0.4, -0.2) is 37.2 Å². The first-order valence-electron chi connectivity index (χ1n) is 36.1. The summed E-state index contributed by atoms with van der Waals surface area (Å²) < 4.78 is 17.0. The average molecular weight is 1160 g/mol. The van der Waals surface area contributed by atoms with Gasteiger partial charge in [0.2, 0.25) is 0 Å². The number of unbranched alkanes of at least 4 members (excludes halogenated alkanes) is 41. The highest BCUT2D eigenvalue weighted by atomic mass is 16.6. The average Bonchev–Trinajstić information content (AvgIpc) is 3.50. The third-order valence-corrected chi connectivity index (χ3v) is 15.9. The lowest BCUT2D eigenvalue weighted by Crippen LogP contribution is -2.30. The van der Waals surface area contributed by atoms with Crippen molar-refractivity contribution in [3.05, 3.63) is 85.1 Å². The van der Waals surface area contributed by atoms with Crippen LogP contribution in [0.15, 0.2) is 85.1 Å². The highest BCUT2D eigenvalue weighted by Crippen LogP contribution is 2.18. The van der Waals surface area contributed by atoms with Gasteiger partial charge in [-0.3, -0.25) is 14.4 Å². The second-order valence-corrected chi connectivity index (χ2v) is 24.1. The first-order chi connectivity index (χ1) is 41.0. The summed E-state index contributed by atoms with van der Waals surface area (Å²) in [5.74, 6) is -0.891. The van der Waals surface area contributed by atoms with Crippen LogP contribution >= 0.6 is 0 Å². The molecule has 0 aromatic heterocycles. The number of hydrogen-bond acceptors (Lipinski definition) is 6. The molecular formula is C77H136O6. The van der Waals surface area contributed by atoms with Crippen molar-refractivity contribution in [2.45, 2.75) is 374 Å². The summed E-state index contributed by atoms with van der Waals surface area (Å²) in [5, 5.41) is 0. The molecule has 0 rings (SSSR count). The number of hydrogen-bond donors (Lipinski definition) is 0. The molecule has 1 atom stereocenters.